The lowest BCUT2D eigenvalue weighted by atomic mass is 10.1. The zero-order valence-corrected chi connectivity index (χ0v) is 16.5. The molecule has 0 unspecified atom stereocenters. The van der Waals surface area contributed by atoms with Crippen LogP contribution in [0.1, 0.15) is 22.9 Å². The van der Waals surface area contributed by atoms with E-state index in [-0.39, 0.29) is 29.2 Å². The topological polar surface area (TPSA) is 85.4 Å². The first-order chi connectivity index (χ1) is 13.1. The Labute approximate surface area is 166 Å². The van der Waals surface area contributed by atoms with Crippen LogP contribution < -0.4 is 4.72 Å². The molecule has 0 radical (unpaired) electrons. The molecule has 0 saturated heterocycles. The Bertz CT molecular complexity index is 969. The van der Waals surface area contributed by atoms with Gasteiger partial charge < -0.3 is 4.74 Å². The molecule has 2 rings (SSSR count). The van der Waals surface area contributed by atoms with Gasteiger partial charge in [-0.2, -0.15) is 13.2 Å². The zero-order chi connectivity index (χ0) is 20.9. The third kappa shape index (κ3) is 5.46. The first-order valence-corrected chi connectivity index (χ1v) is 10.4. The number of alkyl halides is 3. The maximum atomic E-state index is 12.9. The molecule has 0 aliphatic rings. The fraction of sp³-hybridized carbons (Fsp3) is 0.294. The highest BCUT2D eigenvalue weighted by molar-refractivity contribution is 7.99. The van der Waals surface area contributed by atoms with Crippen LogP contribution in [0.3, 0.4) is 0 Å². The van der Waals surface area contributed by atoms with Crippen LogP contribution in [0.25, 0.3) is 0 Å². The second kappa shape index (κ2) is 8.93. The molecule has 1 aromatic carbocycles. The number of sulfonamides is 1. The van der Waals surface area contributed by atoms with E-state index in [0.717, 1.165) is 17.8 Å². The Hall–Kier alpha value is -2.11. The van der Waals surface area contributed by atoms with Crippen molar-refractivity contribution in [3.8, 4) is 0 Å². The summed E-state index contributed by atoms with van der Waals surface area (Å²) in [5, 5.41) is -0.225. The zero-order valence-electron chi connectivity index (χ0n) is 14.9. The summed E-state index contributed by atoms with van der Waals surface area (Å²) in [5.41, 5.74) is -0.205. The van der Waals surface area contributed by atoms with Gasteiger partial charge in [-0.15, -0.1) is 11.8 Å². The van der Waals surface area contributed by atoms with Crippen LogP contribution in [-0.2, 0) is 20.9 Å². The standard InChI is InChI=1S/C17H17F3N2O4S2.H2/c1-11-5-6-12(10-13(11)16(23)26-2)28(24,25)22-8-9-27-15-14(17(18,19)20)4-3-7-21-15;/h3-7,10,22H,8-9H2,1-2H3;1H. The van der Waals surface area contributed by atoms with Crippen LogP contribution in [0.4, 0.5) is 13.2 Å². The predicted octanol–water partition coefficient (Wildman–Crippen LogP) is 3.51. The number of aryl methyl sites for hydroxylation is 1. The highest BCUT2D eigenvalue weighted by atomic mass is 32.2. The molecule has 11 heteroatoms. The van der Waals surface area contributed by atoms with Crippen molar-refractivity contribution in [2.24, 2.45) is 0 Å². The molecule has 0 amide bonds. The molecular formula is C17H19F3N2O4S2. The van der Waals surface area contributed by atoms with Gasteiger partial charge in [0.15, 0.2) is 0 Å². The van der Waals surface area contributed by atoms with E-state index in [1.165, 1.54) is 37.6 Å². The summed E-state index contributed by atoms with van der Waals surface area (Å²) in [6, 6.07) is 6.10. The van der Waals surface area contributed by atoms with Crippen molar-refractivity contribution in [1.29, 1.82) is 0 Å². The molecule has 0 fully saturated rings. The van der Waals surface area contributed by atoms with E-state index in [0.29, 0.717) is 5.56 Å². The lowest BCUT2D eigenvalue weighted by Gasteiger charge is -2.12. The minimum absolute atomic E-state index is 0. The summed E-state index contributed by atoms with van der Waals surface area (Å²) < 4.78 is 70.5. The second-order valence-corrected chi connectivity index (χ2v) is 8.42. The van der Waals surface area contributed by atoms with E-state index in [1.54, 1.807) is 6.92 Å². The Morgan fingerprint density at radius 1 is 1.32 bits per heavy atom. The number of hydrogen-bond acceptors (Lipinski definition) is 6. The number of ether oxygens (including phenoxy) is 1. The number of aromatic nitrogens is 1. The molecule has 0 spiro atoms. The fourth-order valence-corrected chi connectivity index (χ4v) is 4.29. The second-order valence-electron chi connectivity index (χ2n) is 5.57. The van der Waals surface area contributed by atoms with Crippen molar-refractivity contribution in [2.45, 2.75) is 23.0 Å². The molecule has 0 aliphatic carbocycles. The lowest BCUT2D eigenvalue weighted by molar-refractivity contribution is -0.140. The van der Waals surface area contributed by atoms with Gasteiger partial charge in [-0.3, -0.25) is 0 Å². The Morgan fingerprint density at radius 3 is 2.68 bits per heavy atom. The van der Waals surface area contributed by atoms with E-state index in [4.69, 9.17) is 0 Å². The smallest absolute Gasteiger partial charge is 0.419 e. The summed E-state index contributed by atoms with van der Waals surface area (Å²) in [6.07, 6.45) is -3.30. The molecule has 1 aromatic heterocycles. The molecule has 0 saturated carbocycles. The first kappa shape index (κ1) is 22.2. The molecule has 28 heavy (non-hydrogen) atoms. The highest BCUT2D eigenvalue weighted by Gasteiger charge is 2.34. The Balaban J connectivity index is 0.00000420. The highest BCUT2D eigenvalue weighted by Crippen LogP contribution is 2.35. The average molecular weight is 436 g/mol. The fourth-order valence-electron chi connectivity index (χ4n) is 2.23. The van der Waals surface area contributed by atoms with E-state index >= 15 is 0 Å². The molecule has 6 nitrogen and oxygen atoms in total. The monoisotopic (exact) mass is 436 g/mol. The van der Waals surface area contributed by atoms with E-state index < -0.39 is 27.7 Å². The van der Waals surface area contributed by atoms with Crippen LogP contribution in [0.2, 0.25) is 0 Å². The summed E-state index contributed by atoms with van der Waals surface area (Å²) in [6.45, 7) is 1.51. The first-order valence-electron chi connectivity index (χ1n) is 7.90. The summed E-state index contributed by atoms with van der Waals surface area (Å²) in [4.78, 5) is 15.3. The van der Waals surface area contributed by atoms with E-state index in [9.17, 15) is 26.4 Å². The SMILES string of the molecule is COC(=O)c1cc(S(=O)(=O)NCCSc2ncccc2C(F)(F)F)ccc1C.[HH]. The molecule has 1 N–H and O–H groups in total. The van der Waals surface area contributed by atoms with Gasteiger partial charge in [-0.1, -0.05) is 6.07 Å². The third-order valence-corrected chi connectivity index (χ3v) is 6.10. The quantitative estimate of drug-likeness (QED) is 0.406. The summed E-state index contributed by atoms with van der Waals surface area (Å²) in [5.74, 6) is -0.630. The van der Waals surface area contributed by atoms with Gasteiger partial charge in [0.2, 0.25) is 10.0 Å². The third-order valence-electron chi connectivity index (χ3n) is 3.63. The number of thioether (sulfide) groups is 1. The predicted molar refractivity (Wildman–Crippen MR) is 99.8 cm³/mol. The van der Waals surface area contributed by atoms with Crippen molar-refractivity contribution in [3.05, 3.63) is 53.2 Å². The van der Waals surface area contributed by atoms with Crippen molar-refractivity contribution in [2.75, 3.05) is 19.4 Å². The molecular weight excluding hydrogens is 417 g/mol. The van der Waals surface area contributed by atoms with Gasteiger partial charge in [0.25, 0.3) is 0 Å². The number of nitrogens with zero attached hydrogens (tertiary/aromatic N) is 1. The number of carbonyl (C=O) groups is 1. The normalized spacial score (nSPS) is 12.0. The largest absolute Gasteiger partial charge is 0.465 e. The van der Waals surface area contributed by atoms with E-state index in [1.807, 2.05) is 0 Å². The minimum atomic E-state index is -4.54. The van der Waals surface area contributed by atoms with Crippen molar-refractivity contribution in [3.63, 3.8) is 0 Å². The number of esters is 1. The Morgan fingerprint density at radius 2 is 2.04 bits per heavy atom. The number of nitrogens with one attached hydrogen (secondary N) is 1. The van der Waals surface area contributed by atoms with Gasteiger partial charge >= 0.3 is 12.1 Å². The van der Waals surface area contributed by atoms with Crippen molar-refractivity contribution in [1.82, 2.24) is 9.71 Å². The number of halogens is 3. The van der Waals surface area contributed by atoms with Crippen LogP contribution >= 0.6 is 11.8 Å². The van der Waals surface area contributed by atoms with Gasteiger partial charge in [0, 0.05) is 19.9 Å². The van der Waals surface area contributed by atoms with E-state index in [2.05, 4.69) is 14.4 Å². The summed E-state index contributed by atoms with van der Waals surface area (Å²) in [7, 11) is -2.76. The van der Waals surface area contributed by atoms with Gasteiger partial charge in [-0.05, 0) is 36.8 Å². The molecule has 0 bridgehead atoms. The molecule has 0 atom stereocenters. The number of pyridine rings is 1. The minimum Gasteiger partial charge on any atom is -0.465 e. The number of methoxy groups -OCH3 is 1. The number of hydrogen-bond donors (Lipinski definition) is 1. The van der Waals surface area contributed by atoms with Crippen molar-refractivity contribution < 1.29 is 32.5 Å². The number of carbonyl (C=O) groups excluding carboxylic acids is 1. The van der Waals surface area contributed by atoms with Crippen LogP contribution in [0.15, 0.2) is 46.5 Å². The van der Waals surface area contributed by atoms with Gasteiger partial charge in [0.05, 0.1) is 23.1 Å². The maximum absolute atomic E-state index is 12.9. The number of benzene rings is 1. The van der Waals surface area contributed by atoms with Crippen LogP contribution in [0.5, 0.6) is 0 Å². The Kier molecular flexibility index (Phi) is 7.07. The molecule has 0 aliphatic heterocycles. The summed E-state index contributed by atoms with van der Waals surface area (Å²) >= 11 is 0.792. The number of rotatable bonds is 7. The molecule has 2 aromatic rings. The van der Waals surface area contributed by atoms with Gasteiger partial charge in [0.1, 0.15) is 5.03 Å². The van der Waals surface area contributed by atoms with Crippen molar-refractivity contribution >= 4 is 27.8 Å². The van der Waals surface area contributed by atoms with Gasteiger partial charge in [-0.25, -0.2) is 22.9 Å². The molecule has 1 heterocycles. The molecule has 154 valence electrons. The van der Waals surface area contributed by atoms with Crippen LogP contribution in [0, 0.1) is 6.92 Å². The maximum Gasteiger partial charge on any atom is 0.419 e. The average Bonchev–Trinajstić information content (AvgIpc) is 2.64. The van der Waals surface area contributed by atoms with Crippen LogP contribution in [-0.4, -0.2) is 38.8 Å². The lowest BCUT2D eigenvalue weighted by Crippen LogP contribution is -2.26.